The molecule has 6 heteroatoms. The fraction of sp³-hybridized carbons (Fsp3) is 1.00. The molecule has 0 heterocycles. The number of sulfonamides is 1. The lowest BCUT2D eigenvalue weighted by molar-refractivity contribution is 0.142. The summed E-state index contributed by atoms with van der Waals surface area (Å²) >= 11 is 0. The molecular formula is C12H28N2O3S. The average molecular weight is 280 g/mol. The quantitative estimate of drug-likeness (QED) is 0.575. The Balaban J connectivity index is 4.22. The minimum absolute atomic E-state index is 0.103. The first kappa shape index (κ1) is 17.8. The predicted molar refractivity (Wildman–Crippen MR) is 75.3 cm³/mol. The van der Waals surface area contributed by atoms with Gasteiger partial charge in [0.2, 0.25) is 10.0 Å². The predicted octanol–water partition coefficient (Wildman–Crippen LogP) is 1.06. The largest absolute Gasteiger partial charge is 0.383 e. The molecule has 5 nitrogen and oxygen atoms in total. The molecule has 0 saturated heterocycles. The van der Waals surface area contributed by atoms with E-state index in [1.807, 2.05) is 13.8 Å². The van der Waals surface area contributed by atoms with Crippen molar-refractivity contribution < 1.29 is 13.2 Å². The van der Waals surface area contributed by atoms with Crippen molar-refractivity contribution in [1.29, 1.82) is 0 Å². The van der Waals surface area contributed by atoms with Gasteiger partial charge in [-0.05, 0) is 32.9 Å². The van der Waals surface area contributed by atoms with E-state index in [-0.39, 0.29) is 11.8 Å². The standard InChI is InChI=1S/C12H28N2O3S/c1-5-8-13-9-7-10-18(15,16)14(6-2)12(3)11-17-4/h12-13H,5-11H2,1-4H3. The lowest BCUT2D eigenvalue weighted by atomic mass is 10.4. The van der Waals surface area contributed by atoms with Gasteiger partial charge >= 0.3 is 0 Å². The lowest BCUT2D eigenvalue weighted by Gasteiger charge is -2.26. The molecule has 110 valence electrons. The highest BCUT2D eigenvalue weighted by Crippen LogP contribution is 2.09. The molecule has 0 radical (unpaired) electrons. The minimum atomic E-state index is -3.17. The summed E-state index contributed by atoms with van der Waals surface area (Å²) in [5.41, 5.74) is 0. The Morgan fingerprint density at radius 3 is 2.44 bits per heavy atom. The smallest absolute Gasteiger partial charge is 0.214 e. The summed E-state index contributed by atoms with van der Waals surface area (Å²) in [6.45, 7) is 8.45. The molecular weight excluding hydrogens is 252 g/mol. The molecule has 0 aromatic heterocycles. The number of rotatable bonds is 11. The van der Waals surface area contributed by atoms with Crippen molar-refractivity contribution in [1.82, 2.24) is 9.62 Å². The van der Waals surface area contributed by atoms with Crippen LogP contribution in [0, 0.1) is 0 Å². The maximum atomic E-state index is 12.2. The molecule has 0 fully saturated rings. The van der Waals surface area contributed by atoms with Crippen LogP contribution in [0.3, 0.4) is 0 Å². The van der Waals surface area contributed by atoms with Gasteiger partial charge in [-0.15, -0.1) is 0 Å². The normalized spacial score (nSPS) is 14.1. The summed E-state index contributed by atoms with van der Waals surface area (Å²) in [5, 5.41) is 3.21. The monoisotopic (exact) mass is 280 g/mol. The van der Waals surface area contributed by atoms with Crippen LogP contribution in [0.4, 0.5) is 0 Å². The fourth-order valence-corrected chi connectivity index (χ4v) is 3.65. The molecule has 0 amide bonds. The number of methoxy groups -OCH3 is 1. The zero-order chi connectivity index (χ0) is 14.0. The molecule has 1 N–H and O–H groups in total. The summed E-state index contributed by atoms with van der Waals surface area (Å²) in [6, 6.07) is -0.103. The second-order valence-corrected chi connectivity index (χ2v) is 6.47. The molecule has 0 aliphatic rings. The van der Waals surface area contributed by atoms with Crippen LogP contribution in [0.15, 0.2) is 0 Å². The molecule has 0 aromatic rings. The first-order chi connectivity index (χ1) is 8.49. The van der Waals surface area contributed by atoms with Gasteiger partial charge in [-0.2, -0.15) is 4.31 Å². The molecule has 0 aliphatic carbocycles. The van der Waals surface area contributed by atoms with Crippen LogP contribution in [-0.4, -0.2) is 57.9 Å². The Hall–Kier alpha value is -0.170. The number of likely N-dealkylation sites (N-methyl/N-ethyl adjacent to an activating group) is 1. The third-order valence-corrected chi connectivity index (χ3v) is 4.89. The number of nitrogens with zero attached hydrogens (tertiary/aromatic N) is 1. The van der Waals surface area contributed by atoms with E-state index in [0.29, 0.717) is 19.6 Å². The van der Waals surface area contributed by atoms with E-state index >= 15 is 0 Å². The van der Waals surface area contributed by atoms with Crippen molar-refractivity contribution in [3.8, 4) is 0 Å². The third kappa shape index (κ3) is 6.68. The zero-order valence-corrected chi connectivity index (χ0v) is 12.9. The summed E-state index contributed by atoms with van der Waals surface area (Å²) in [5.74, 6) is 0.200. The second-order valence-electron chi connectivity index (χ2n) is 4.43. The highest BCUT2D eigenvalue weighted by Gasteiger charge is 2.24. The fourth-order valence-electron chi connectivity index (χ4n) is 1.91. The van der Waals surface area contributed by atoms with E-state index < -0.39 is 10.0 Å². The zero-order valence-electron chi connectivity index (χ0n) is 12.1. The Kier molecular flexibility index (Phi) is 9.63. The number of ether oxygens (including phenoxy) is 1. The maximum Gasteiger partial charge on any atom is 0.214 e. The van der Waals surface area contributed by atoms with E-state index in [1.165, 1.54) is 4.31 Å². The van der Waals surface area contributed by atoms with Crippen molar-refractivity contribution >= 4 is 10.0 Å². The van der Waals surface area contributed by atoms with Crippen LogP contribution in [-0.2, 0) is 14.8 Å². The molecule has 0 saturated carbocycles. The van der Waals surface area contributed by atoms with Crippen LogP contribution in [0.1, 0.15) is 33.6 Å². The van der Waals surface area contributed by atoms with E-state index in [1.54, 1.807) is 7.11 Å². The van der Waals surface area contributed by atoms with Gasteiger partial charge in [0.05, 0.1) is 12.4 Å². The van der Waals surface area contributed by atoms with Crippen molar-refractivity contribution in [2.75, 3.05) is 39.1 Å². The van der Waals surface area contributed by atoms with Crippen molar-refractivity contribution in [2.24, 2.45) is 0 Å². The van der Waals surface area contributed by atoms with Gasteiger partial charge in [0.25, 0.3) is 0 Å². The van der Waals surface area contributed by atoms with Gasteiger partial charge < -0.3 is 10.1 Å². The molecule has 1 atom stereocenters. The highest BCUT2D eigenvalue weighted by molar-refractivity contribution is 7.89. The van der Waals surface area contributed by atoms with Gasteiger partial charge in [0, 0.05) is 19.7 Å². The van der Waals surface area contributed by atoms with Crippen LogP contribution in [0.2, 0.25) is 0 Å². The minimum Gasteiger partial charge on any atom is -0.383 e. The summed E-state index contributed by atoms with van der Waals surface area (Å²) < 4.78 is 30.9. The number of hydrogen-bond donors (Lipinski definition) is 1. The molecule has 1 unspecified atom stereocenters. The van der Waals surface area contributed by atoms with Crippen LogP contribution >= 0.6 is 0 Å². The Morgan fingerprint density at radius 2 is 1.94 bits per heavy atom. The Morgan fingerprint density at radius 1 is 1.28 bits per heavy atom. The number of hydrogen-bond acceptors (Lipinski definition) is 4. The van der Waals surface area contributed by atoms with Gasteiger partial charge in [0.1, 0.15) is 0 Å². The molecule has 18 heavy (non-hydrogen) atoms. The highest BCUT2D eigenvalue weighted by atomic mass is 32.2. The first-order valence-electron chi connectivity index (χ1n) is 6.68. The number of nitrogens with one attached hydrogen (secondary N) is 1. The van der Waals surface area contributed by atoms with Gasteiger partial charge in [-0.25, -0.2) is 8.42 Å². The first-order valence-corrected chi connectivity index (χ1v) is 8.29. The molecule has 0 spiro atoms. The van der Waals surface area contributed by atoms with Crippen molar-refractivity contribution in [3.63, 3.8) is 0 Å². The van der Waals surface area contributed by atoms with Crippen LogP contribution in [0.25, 0.3) is 0 Å². The van der Waals surface area contributed by atoms with E-state index in [4.69, 9.17) is 4.74 Å². The Bertz CT molecular complexity index is 294. The van der Waals surface area contributed by atoms with Crippen LogP contribution < -0.4 is 5.32 Å². The van der Waals surface area contributed by atoms with E-state index in [9.17, 15) is 8.42 Å². The lowest BCUT2D eigenvalue weighted by Crippen LogP contribution is -2.42. The molecule has 0 bridgehead atoms. The Labute approximate surface area is 112 Å². The van der Waals surface area contributed by atoms with Gasteiger partial charge in [0.15, 0.2) is 0 Å². The molecule has 0 aromatic carbocycles. The average Bonchev–Trinajstić information content (AvgIpc) is 2.29. The molecule has 0 aliphatic heterocycles. The van der Waals surface area contributed by atoms with Crippen molar-refractivity contribution in [2.45, 2.75) is 39.7 Å². The maximum absolute atomic E-state index is 12.2. The summed E-state index contributed by atoms with van der Waals surface area (Å²) in [7, 11) is -1.58. The second kappa shape index (κ2) is 9.72. The van der Waals surface area contributed by atoms with Gasteiger partial charge in [-0.1, -0.05) is 13.8 Å². The van der Waals surface area contributed by atoms with E-state index in [2.05, 4.69) is 12.2 Å². The summed E-state index contributed by atoms with van der Waals surface area (Å²) in [4.78, 5) is 0. The van der Waals surface area contributed by atoms with E-state index in [0.717, 1.165) is 19.5 Å². The molecule has 0 rings (SSSR count). The van der Waals surface area contributed by atoms with Gasteiger partial charge in [-0.3, -0.25) is 0 Å². The van der Waals surface area contributed by atoms with Crippen LogP contribution in [0.5, 0.6) is 0 Å². The topological polar surface area (TPSA) is 58.6 Å². The SMILES string of the molecule is CCCNCCCS(=O)(=O)N(CC)C(C)COC. The van der Waals surface area contributed by atoms with Crippen molar-refractivity contribution in [3.05, 3.63) is 0 Å². The summed E-state index contributed by atoms with van der Waals surface area (Å²) in [6.07, 6.45) is 1.72. The third-order valence-electron chi connectivity index (χ3n) is 2.75.